The van der Waals surface area contributed by atoms with Crippen molar-refractivity contribution >= 4 is 10.0 Å². The Labute approximate surface area is 97.8 Å². The molecular weight excluding hydrogens is 224 g/mol. The predicted octanol–water partition coefficient (Wildman–Crippen LogP) is 0.720. The van der Waals surface area contributed by atoms with Crippen LogP contribution in [-0.4, -0.2) is 44.2 Å². The quantitative estimate of drug-likeness (QED) is 0.744. The van der Waals surface area contributed by atoms with E-state index in [0.29, 0.717) is 13.1 Å². The van der Waals surface area contributed by atoms with Crippen LogP contribution in [0.2, 0.25) is 0 Å². The van der Waals surface area contributed by atoms with Crippen LogP contribution in [0.5, 0.6) is 0 Å². The summed E-state index contributed by atoms with van der Waals surface area (Å²) in [7, 11) is -3.06. The van der Waals surface area contributed by atoms with Crippen molar-refractivity contribution in [2.45, 2.75) is 31.7 Å². The van der Waals surface area contributed by atoms with Crippen molar-refractivity contribution in [2.24, 2.45) is 0 Å². The van der Waals surface area contributed by atoms with Crippen LogP contribution < -0.4 is 5.32 Å². The van der Waals surface area contributed by atoms with E-state index >= 15 is 0 Å². The minimum atomic E-state index is -3.06. The first-order chi connectivity index (χ1) is 7.68. The molecule has 1 saturated heterocycles. The minimum absolute atomic E-state index is 0.157. The molecule has 0 spiro atoms. The van der Waals surface area contributed by atoms with Gasteiger partial charge in [0.25, 0.3) is 0 Å². The van der Waals surface area contributed by atoms with Gasteiger partial charge in [-0.05, 0) is 25.8 Å². The van der Waals surface area contributed by atoms with E-state index < -0.39 is 10.0 Å². The van der Waals surface area contributed by atoms with Gasteiger partial charge in [-0.3, -0.25) is 0 Å². The first kappa shape index (κ1) is 12.1. The van der Waals surface area contributed by atoms with Crippen molar-refractivity contribution in [3.05, 3.63) is 12.2 Å². The maximum atomic E-state index is 12.1. The molecule has 1 atom stereocenters. The van der Waals surface area contributed by atoms with Gasteiger partial charge in [-0.25, -0.2) is 8.42 Å². The zero-order chi connectivity index (χ0) is 11.4. The van der Waals surface area contributed by atoms with Crippen LogP contribution in [-0.2, 0) is 10.0 Å². The predicted molar refractivity (Wildman–Crippen MR) is 64.8 cm³/mol. The molecule has 1 unspecified atom stereocenters. The van der Waals surface area contributed by atoms with Crippen LogP contribution in [0, 0.1) is 0 Å². The Bertz CT molecular complexity index is 345. The zero-order valence-electron chi connectivity index (χ0n) is 9.56. The van der Waals surface area contributed by atoms with Crippen molar-refractivity contribution in [1.29, 1.82) is 0 Å². The third-order valence-corrected chi connectivity index (χ3v) is 5.18. The van der Waals surface area contributed by atoms with Gasteiger partial charge in [0.15, 0.2) is 0 Å². The number of rotatable bonds is 3. The van der Waals surface area contributed by atoms with Gasteiger partial charge in [-0.2, -0.15) is 4.31 Å². The summed E-state index contributed by atoms with van der Waals surface area (Å²) in [6.07, 6.45) is 8.14. The van der Waals surface area contributed by atoms with Crippen LogP contribution in [0.4, 0.5) is 0 Å². The van der Waals surface area contributed by atoms with Gasteiger partial charge in [-0.15, -0.1) is 0 Å². The average Bonchev–Trinajstić information content (AvgIpc) is 2.31. The maximum Gasteiger partial charge on any atom is 0.215 e. The lowest BCUT2D eigenvalue weighted by atomic mass is 10.1. The van der Waals surface area contributed by atoms with Gasteiger partial charge < -0.3 is 5.32 Å². The topological polar surface area (TPSA) is 49.4 Å². The number of sulfonamides is 1. The Morgan fingerprint density at radius 2 is 2.19 bits per heavy atom. The Balaban J connectivity index is 1.93. The molecule has 5 heteroatoms. The smallest absolute Gasteiger partial charge is 0.215 e. The highest BCUT2D eigenvalue weighted by atomic mass is 32.2. The van der Waals surface area contributed by atoms with E-state index in [-0.39, 0.29) is 11.8 Å². The van der Waals surface area contributed by atoms with Gasteiger partial charge in [0, 0.05) is 19.1 Å². The second-order valence-corrected chi connectivity index (χ2v) is 6.56. The molecule has 92 valence electrons. The molecule has 4 nitrogen and oxygen atoms in total. The third kappa shape index (κ3) is 3.06. The van der Waals surface area contributed by atoms with Crippen molar-refractivity contribution in [1.82, 2.24) is 9.62 Å². The number of nitrogens with one attached hydrogen (secondary N) is 1. The molecule has 0 radical (unpaired) electrons. The largest absolute Gasteiger partial charge is 0.313 e. The van der Waals surface area contributed by atoms with Crippen LogP contribution in [0.3, 0.4) is 0 Å². The van der Waals surface area contributed by atoms with Gasteiger partial charge in [0.05, 0.1) is 5.75 Å². The first-order valence-corrected chi connectivity index (χ1v) is 7.65. The number of piperidine rings is 1. The van der Waals surface area contributed by atoms with Crippen molar-refractivity contribution in [2.75, 3.05) is 25.4 Å². The highest BCUT2D eigenvalue weighted by Crippen LogP contribution is 2.14. The zero-order valence-corrected chi connectivity index (χ0v) is 10.4. The standard InChI is InChI=1S/C11H20N2O2S/c14-16(15,13-8-4-1-5-9-13)10-11-6-2-3-7-12-11/h1,4,11-12H,2-3,5-10H2. The van der Waals surface area contributed by atoms with Crippen molar-refractivity contribution in [3.63, 3.8) is 0 Å². The normalized spacial score (nSPS) is 28.1. The maximum absolute atomic E-state index is 12.1. The fourth-order valence-electron chi connectivity index (χ4n) is 2.30. The fourth-order valence-corrected chi connectivity index (χ4v) is 4.00. The molecule has 0 aromatic rings. The van der Waals surface area contributed by atoms with E-state index in [4.69, 9.17) is 0 Å². The summed E-state index contributed by atoms with van der Waals surface area (Å²) < 4.78 is 25.8. The lowest BCUT2D eigenvalue weighted by molar-refractivity contribution is 0.400. The van der Waals surface area contributed by atoms with E-state index in [0.717, 1.165) is 25.8 Å². The highest BCUT2D eigenvalue weighted by molar-refractivity contribution is 7.89. The molecule has 2 aliphatic heterocycles. The molecule has 2 heterocycles. The highest BCUT2D eigenvalue weighted by Gasteiger charge is 2.26. The molecule has 0 aromatic carbocycles. The molecule has 1 fully saturated rings. The van der Waals surface area contributed by atoms with Crippen LogP contribution >= 0.6 is 0 Å². The molecule has 2 rings (SSSR count). The molecule has 0 amide bonds. The Morgan fingerprint density at radius 3 is 2.81 bits per heavy atom. The lowest BCUT2D eigenvalue weighted by Gasteiger charge is -2.28. The average molecular weight is 244 g/mol. The monoisotopic (exact) mass is 244 g/mol. The molecular formula is C11H20N2O2S. The summed E-state index contributed by atoms with van der Waals surface area (Å²) in [5, 5.41) is 3.29. The van der Waals surface area contributed by atoms with Crippen LogP contribution in [0.15, 0.2) is 12.2 Å². The molecule has 0 saturated carbocycles. The number of nitrogens with zero attached hydrogens (tertiary/aromatic N) is 1. The number of hydrogen-bond acceptors (Lipinski definition) is 3. The Morgan fingerprint density at radius 1 is 1.31 bits per heavy atom. The van der Waals surface area contributed by atoms with Gasteiger partial charge in [0.2, 0.25) is 10.0 Å². The van der Waals surface area contributed by atoms with E-state index in [9.17, 15) is 8.42 Å². The number of hydrogen-bond donors (Lipinski definition) is 1. The second kappa shape index (κ2) is 5.29. The van der Waals surface area contributed by atoms with E-state index in [1.54, 1.807) is 4.31 Å². The lowest BCUT2D eigenvalue weighted by Crippen LogP contribution is -2.44. The van der Waals surface area contributed by atoms with E-state index in [1.807, 2.05) is 12.2 Å². The first-order valence-electron chi connectivity index (χ1n) is 6.05. The minimum Gasteiger partial charge on any atom is -0.313 e. The van der Waals surface area contributed by atoms with E-state index in [2.05, 4.69) is 5.32 Å². The van der Waals surface area contributed by atoms with Crippen molar-refractivity contribution < 1.29 is 8.42 Å². The fraction of sp³-hybridized carbons (Fsp3) is 0.818. The molecule has 2 aliphatic rings. The van der Waals surface area contributed by atoms with Gasteiger partial charge >= 0.3 is 0 Å². The SMILES string of the molecule is O=S(=O)(CC1CCCCN1)N1CC=CCC1. The van der Waals surface area contributed by atoms with Gasteiger partial charge in [-0.1, -0.05) is 18.6 Å². The molecule has 0 aromatic heterocycles. The summed E-state index contributed by atoms with van der Waals surface area (Å²) in [6.45, 7) is 2.15. The summed E-state index contributed by atoms with van der Waals surface area (Å²) in [6, 6.07) is 0.157. The molecule has 0 aliphatic carbocycles. The van der Waals surface area contributed by atoms with E-state index in [1.165, 1.54) is 6.42 Å². The summed E-state index contributed by atoms with van der Waals surface area (Å²) >= 11 is 0. The van der Waals surface area contributed by atoms with Gasteiger partial charge in [0.1, 0.15) is 0 Å². The summed E-state index contributed by atoms with van der Waals surface area (Å²) in [5.41, 5.74) is 0. The van der Waals surface area contributed by atoms with Crippen LogP contribution in [0.25, 0.3) is 0 Å². The second-order valence-electron chi connectivity index (χ2n) is 4.54. The Hall–Kier alpha value is -0.390. The third-order valence-electron chi connectivity index (χ3n) is 3.24. The molecule has 0 bridgehead atoms. The Kier molecular flexibility index (Phi) is 4.00. The summed E-state index contributed by atoms with van der Waals surface area (Å²) in [4.78, 5) is 0. The molecule has 16 heavy (non-hydrogen) atoms. The summed E-state index contributed by atoms with van der Waals surface area (Å²) in [5.74, 6) is 0.265. The molecule has 1 N–H and O–H groups in total. The van der Waals surface area contributed by atoms with Crippen LogP contribution in [0.1, 0.15) is 25.7 Å². The van der Waals surface area contributed by atoms with Crippen molar-refractivity contribution in [3.8, 4) is 0 Å².